The molecule has 0 fully saturated rings. The molecule has 2 aromatic rings. The molecule has 22 heavy (non-hydrogen) atoms. The molecule has 116 valence electrons. The fourth-order valence-corrected chi connectivity index (χ4v) is 1.55. The van der Waals surface area contributed by atoms with E-state index in [4.69, 9.17) is 11.5 Å². The van der Waals surface area contributed by atoms with Gasteiger partial charge in [0.25, 0.3) is 5.69 Å². The first-order valence-electron chi connectivity index (χ1n) is 5.57. The standard InChI is InChI=1S/C10H8F3N7O2/c11-10(12,13)5-3-4(1-2-6(5)20(21)22)16-17-7-8(14)18-19-9(7)15/h1-3H,(H5,14,15,18,19). The third-order valence-corrected chi connectivity index (χ3v) is 2.54. The maximum Gasteiger partial charge on any atom is 0.423 e. The predicted molar refractivity (Wildman–Crippen MR) is 69.7 cm³/mol. The first-order valence-corrected chi connectivity index (χ1v) is 5.57. The number of rotatable bonds is 3. The summed E-state index contributed by atoms with van der Waals surface area (Å²) >= 11 is 0. The van der Waals surface area contributed by atoms with Gasteiger partial charge in [-0.3, -0.25) is 15.2 Å². The summed E-state index contributed by atoms with van der Waals surface area (Å²) in [4.78, 5) is 9.49. The number of nitrogens with one attached hydrogen (secondary N) is 1. The van der Waals surface area contributed by atoms with E-state index < -0.39 is 22.4 Å². The van der Waals surface area contributed by atoms with Crippen LogP contribution in [0.25, 0.3) is 0 Å². The molecule has 0 saturated heterocycles. The number of nitrogen functional groups attached to an aromatic ring is 2. The Bertz CT molecular complexity index is 734. The van der Waals surface area contributed by atoms with Crippen molar-refractivity contribution in [3.8, 4) is 0 Å². The molecular weight excluding hydrogens is 307 g/mol. The van der Waals surface area contributed by atoms with E-state index in [1.54, 1.807) is 0 Å². The van der Waals surface area contributed by atoms with Crippen LogP contribution in [0.5, 0.6) is 0 Å². The van der Waals surface area contributed by atoms with Crippen LogP contribution in [0.4, 0.5) is 41.9 Å². The Labute approximate surface area is 120 Å². The molecule has 1 aromatic carbocycles. The maximum absolute atomic E-state index is 12.8. The highest BCUT2D eigenvalue weighted by Crippen LogP contribution is 2.38. The number of H-pyrrole nitrogens is 1. The molecule has 0 spiro atoms. The van der Waals surface area contributed by atoms with Crippen molar-refractivity contribution in [2.45, 2.75) is 6.18 Å². The fraction of sp³-hybridized carbons (Fsp3) is 0.100. The minimum Gasteiger partial charge on any atom is -0.382 e. The smallest absolute Gasteiger partial charge is 0.382 e. The van der Waals surface area contributed by atoms with Gasteiger partial charge in [-0.05, 0) is 12.1 Å². The summed E-state index contributed by atoms with van der Waals surface area (Å²) in [6.07, 6.45) is -4.90. The molecule has 5 N–H and O–H groups in total. The van der Waals surface area contributed by atoms with Crippen molar-refractivity contribution in [3.05, 3.63) is 33.9 Å². The van der Waals surface area contributed by atoms with Gasteiger partial charge in [0.05, 0.1) is 10.6 Å². The number of hydrogen-bond acceptors (Lipinski definition) is 7. The van der Waals surface area contributed by atoms with E-state index in [2.05, 4.69) is 20.4 Å². The van der Waals surface area contributed by atoms with E-state index in [0.29, 0.717) is 12.1 Å². The Morgan fingerprint density at radius 3 is 2.45 bits per heavy atom. The summed E-state index contributed by atoms with van der Waals surface area (Å²) in [6.45, 7) is 0. The van der Waals surface area contributed by atoms with Crippen molar-refractivity contribution in [2.75, 3.05) is 11.5 Å². The van der Waals surface area contributed by atoms with E-state index in [1.807, 2.05) is 0 Å². The number of nitro benzene ring substituents is 1. The zero-order valence-corrected chi connectivity index (χ0v) is 10.6. The number of halogens is 3. The van der Waals surface area contributed by atoms with Crippen LogP contribution < -0.4 is 11.5 Å². The Morgan fingerprint density at radius 1 is 1.27 bits per heavy atom. The molecule has 0 radical (unpaired) electrons. The second-order valence-corrected chi connectivity index (χ2v) is 4.03. The molecule has 12 heteroatoms. The molecule has 9 nitrogen and oxygen atoms in total. The van der Waals surface area contributed by atoms with Gasteiger partial charge in [0.1, 0.15) is 11.4 Å². The summed E-state index contributed by atoms with van der Waals surface area (Å²) in [5, 5.41) is 23.6. The van der Waals surface area contributed by atoms with Crippen LogP contribution in [0.3, 0.4) is 0 Å². The van der Waals surface area contributed by atoms with Gasteiger partial charge in [0.15, 0.2) is 11.5 Å². The van der Waals surface area contributed by atoms with E-state index in [0.717, 1.165) is 6.07 Å². The first kappa shape index (κ1) is 15.2. The minimum atomic E-state index is -4.90. The topological polar surface area (TPSA) is 149 Å². The first-order chi connectivity index (χ1) is 10.2. The normalized spacial score (nSPS) is 12.0. The van der Waals surface area contributed by atoms with E-state index in [1.165, 1.54) is 0 Å². The second kappa shape index (κ2) is 5.31. The van der Waals surface area contributed by atoms with E-state index in [9.17, 15) is 23.3 Å². The van der Waals surface area contributed by atoms with E-state index >= 15 is 0 Å². The predicted octanol–water partition coefficient (Wildman–Crippen LogP) is 2.92. The third kappa shape index (κ3) is 2.94. The van der Waals surface area contributed by atoms with Crippen LogP contribution in [0, 0.1) is 10.1 Å². The number of nitrogens with zero attached hydrogens (tertiary/aromatic N) is 4. The largest absolute Gasteiger partial charge is 0.423 e. The summed E-state index contributed by atoms with van der Waals surface area (Å²) < 4.78 is 38.4. The highest BCUT2D eigenvalue weighted by atomic mass is 19.4. The molecule has 0 unspecified atom stereocenters. The number of hydrogen-bond donors (Lipinski definition) is 3. The Balaban J connectivity index is 2.44. The molecule has 0 amide bonds. The van der Waals surface area contributed by atoms with E-state index in [-0.39, 0.29) is 23.0 Å². The second-order valence-electron chi connectivity index (χ2n) is 4.03. The molecule has 1 heterocycles. The number of aromatic nitrogens is 2. The summed E-state index contributed by atoms with van der Waals surface area (Å²) in [6, 6.07) is 2.22. The zero-order chi connectivity index (χ0) is 16.5. The number of anilines is 2. The number of nitro groups is 1. The molecule has 0 saturated carbocycles. The lowest BCUT2D eigenvalue weighted by Crippen LogP contribution is -2.08. The molecule has 0 aliphatic rings. The van der Waals surface area contributed by atoms with Crippen LogP contribution >= 0.6 is 0 Å². The zero-order valence-electron chi connectivity index (χ0n) is 10.6. The van der Waals surface area contributed by atoms with Crippen LogP contribution in [0.1, 0.15) is 5.56 Å². The summed E-state index contributed by atoms with van der Waals surface area (Å²) in [5.41, 5.74) is 8.08. The molecular formula is C10H8F3N7O2. The van der Waals surface area contributed by atoms with Gasteiger partial charge < -0.3 is 11.5 Å². The van der Waals surface area contributed by atoms with Crippen LogP contribution in [-0.4, -0.2) is 15.1 Å². The average Bonchev–Trinajstić information content (AvgIpc) is 2.74. The van der Waals surface area contributed by atoms with Gasteiger partial charge in [0.2, 0.25) is 0 Å². The SMILES string of the molecule is Nc1n[nH]c(N)c1N=Nc1ccc([N+](=O)[O-])c(C(F)(F)F)c1. The number of aromatic amines is 1. The lowest BCUT2D eigenvalue weighted by molar-refractivity contribution is -0.388. The fourth-order valence-electron chi connectivity index (χ4n) is 1.55. The third-order valence-electron chi connectivity index (χ3n) is 2.54. The van der Waals surface area contributed by atoms with Crippen LogP contribution in [0.2, 0.25) is 0 Å². The van der Waals surface area contributed by atoms with Gasteiger partial charge >= 0.3 is 6.18 Å². The van der Waals surface area contributed by atoms with Crippen molar-refractivity contribution in [3.63, 3.8) is 0 Å². The average molecular weight is 315 g/mol. The van der Waals surface area contributed by atoms with Crippen molar-refractivity contribution < 1.29 is 18.1 Å². The Hall–Kier alpha value is -3.18. The quantitative estimate of drug-likeness (QED) is 0.452. The molecule has 0 aliphatic carbocycles. The van der Waals surface area contributed by atoms with Crippen molar-refractivity contribution in [1.29, 1.82) is 0 Å². The number of benzene rings is 1. The molecule has 0 aliphatic heterocycles. The molecule has 0 bridgehead atoms. The number of nitrogens with two attached hydrogens (primary N) is 2. The van der Waals surface area contributed by atoms with Crippen molar-refractivity contribution >= 4 is 28.7 Å². The molecule has 2 rings (SSSR count). The minimum absolute atomic E-state index is 0.0146. The number of azo groups is 1. The summed E-state index contributed by atoms with van der Waals surface area (Å²) in [5.74, 6) is -0.0987. The van der Waals surface area contributed by atoms with Crippen LogP contribution in [-0.2, 0) is 6.18 Å². The van der Waals surface area contributed by atoms with Gasteiger partial charge in [-0.25, -0.2) is 0 Å². The monoisotopic (exact) mass is 315 g/mol. The van der Waals surface area contributed by atoms with Crippen LogP contribution in [0.15, 0.2) is 28.4 Å². The molecule has 0 atom stereocenters. The van der Waals surface area contributed by atoms with Gasteiger partial charge in [0, 0.05) is 6.07 Å². The summed E-state index contributed by atoms with van der Waals surface area (Å²) in [7, 11) is 0. The highest BCUT2D eigenvalue weighted by molar-refractivity contribution is 5.70. The maximum atomic E-state index is 12.8. The van der Waals surface area contributed by atoms with Gasteiger partial charge in [-0.15, -0.1) is 5.11 Å². The van der Waals surface area contributed by atoms with Crippen molar-refractivity contribution in [2.24, 2.45) is 10.2 Å². The van der Waals surface area contributed by atoms with Crippen molar-refractivity contribution in [1.82, 2.24) is 10.2 Å². The van der Waals surface area contributed by atoms with Gasteiger partial charge in [-0.1, -0.05) is 0 Å². The lowest BCUT2D eigenvalue weighted by Gasteiger charge is -2.07. The lowest BCUT2D eigenvalue weighted by atomic mass is 10.1. The molecule has 1 aromatic heterocycles. The number of alkyl halides is 3. The van der Waals surface area contributed by atoms with Gasteiger partial charge in [-0.2, -0.15) is 23.4 Å². The highest BCUT2D eigenvalue weighted by Gasteiger charge is 2.38. The Morgan fingerprint density at radius 2 is 1.95 bits per heavy atom. The Kier molecular flexibility index (Phi) is 3.67.